The second-order valence-electron chi connectivity index (χ2n) is 5.25. The van der Waals surface area contributed by atoms with E-state index in [1.54, 1.807) is 0 Å². The van der Waals surface area contributed by atoms with E-state index in [-0.39, 0.29) is 17.8 Å². The first-order valence-electron chi connectivity index (χ1n) is 7.48. The van der Waals surface area contributed by atoms with Crippen LogP contribution in [-0.4, -0.2) is 25.9 Å². The normalized spacial score (nSPS) is 11.2. The molecule has 24 heavy (non-hydrogen) atoms. The van der Waals surface area contributed by atoms with E-state index in [1.807, 2.05) is 30.3 Å². The minimum atomic E-state index is -4.48. The zero-order valence-corrected chi connectivity index (χ0v) is 13.2. The number of methoxy groups -OCH3 is 1. The van der Waals surface area contributed by atoms with Gasteiger partial charge in [0.05, 0.1) is 12.7 Å². The van der Waals surface area contributed by atoms with Crippen molar-refractivity contribution in [1.82, 2.24) is 0 Å². The third kappa shape index (κ3) is 4.75. The Kier molecular flexibility index (Phi) is 5.84. The predicted octanol–water partition coefficient (Wildman–Crippen LogP) is 4.43. The average Bonchev–Trinajstić information content (AvgIpc) is 2.58. The summed E-state index contributed by atoms with van der Waals surface area (Å²) in [6, 6.07) is 14.6. The second kappa shape index (κ2) is 7.86. The van der Waals surface area contributed by atoms with Gasteiger partial charge in [-0.3, -0.25) is 4.90 Å². The van der Waals surface area contributed by atoms with Gasteiger partial charge in [-0.25, -0.2) is 4.79 Å². The lowest BCUT2D eigenvalue weighted by atomic mass is 10.1. The van der Waals surface area contributed by atoms with Gasteiger partial charge in [0.25, 0.3) is 0 Å². The van der Waals surface area contributed by atoms with Gasteiger partial charge in [0, 0.05) is 12.2 Å². The molecule has 0 aromatic heterocycles. The predicted molar refractivity (Wildman–Crippen MR) is 85.9 cm³/mol. The second-order valence-corrected chi connectivity index (χ2v) is 5.25. The van der Waals surface area contributed by atoms with E-state index in [0.717, 1.165) is 5.56 Å². The minimum absolute atomic E-state index is 0.00298. The van der Waals surface area contributed by atoms with Crippen LogP contribution in [0, 0.1) is 0 Å². The van der Waals surface area contributed by atoms with E-state index in [2.05, 4.69) is 4.74 Å². The minimum Gasteiger partial charge on any atom is -0.465 e. The first kappa shape index (κ1) is 17.8. The van der Waals surface area contributed by atoms with E-state index in [1.165, 1.54) is 31.4 Å². The van der Waals surface area contributed by atoms with Gasteiger partial charge in [-0.05, 0) is 42.7 Å². The molecule has 2 aromatic rings. The molecule has 6 heteroatoms. The molecule has 0 fully saturated rings. The van der Waals surface area contributed by atoms with Crippen molar-refractivity contribution in [2.24, 2.45) is 0 Å². The lowest BCUT2D eigenvalue weighted by molar-refractivity contribution is -0.129. The van der Waals surface area contributed by atoms with Crippen LogP contribution in [0.5, 0.6) is 0 Å². The Morgan fingerprint density at radius 2 is 1.67 bits per heavy atom. The summed E-state index contributed by atoms with van der Waals surface area (Å²) in [5, 5.41) is 0. The molecule has 0 saturated carbocycles. The number of rotatable bonds is 6. The average molecular weight is 337 g/mol. The molecule has 3 nitrogen and oxygen atoms in total. The lowest BCUT2D eigenvalue weighted by Gasteiger charge is -2.27. The standard InChI is InChI=1S/C18H18F3NO2/c1-24-17(23)15-9-11-16(12-10-15)22(18(19,20)21)13-5-8-14-6-3-2-4-7-14/h2-4,6-7,9-12H,5,8,13H2,1H3. The summed E-state index contributed by atoms with van der Waals surface area (Å²) in [5.41, 5.74) is 1.22. The fraction of sp³-hybridized carbons (Fsp3) is 0.278. The summed E-state index contributed by atoms with van der Waals surface area (Å²) in [5.74, 6) is -0.579. The van der Waals surface area contributed by atoms with Crippen LogP contribution >= 0.6 is 0 Å². The van der Waals surface area contributed by atoms with Crippen LogP contribution in [0.3, 0.4) is 0 Å². The van der Waals surface area contributed by atoms with E-state index in [4.69, 9.17) is 0 Å². The molecule has 0 N–H and O–H groups in total. The Labute approximate surface area is 138 Å². The highest BCUT2D eigenvalue weighted by atomic mass is 19.4. The van der Waals surface area contributed by atoms with Crippen molar-refractivity contribution in [3.63, 3.8) is 0 Å². The molecule has 0 unspecified atom stereocenters. The van der Waals surface area contributed by atoms with E-state index in [0.29, 0.717) is 17.7 Å². The summed E-state index contributed by atoms with van der Waals surface area (Å²) in [4.78, 5) is 11.7. The zero-order chi connectivity index (χ0) is 17.6. The van der Waals surface area contributed by atoms with Gasteiger partial charge in [-0.2, -0.15) is 13.2 Å². The number of carbonyl (C=O) groups excluding carboxylic acids is 1. The number of aryl methyl sites for hydroxylation is 1. The van der Waals surface area contributed by atoms with Gasteiger partial charge >= 0.3 is 12.3 Å². The Hall–Kier alpha value is -2.50. The Morgan fingerprint density at radius 1 is 1.04 bits per heavy atom. The van der Waals surface area contributed by atoms with E-state index in [9.17, 15) is 18.0 Å². The van der Waals surface area contributed by atoms with E-state index < -0.39 is 12.3 Å². The molecule has 0 amide bonds. The van der Waals surface area contributed by atoms with E-state index >= 15 is 0 Å². The molecule has 0 aliphatic heterocycles. The quantitative estimate of drug-likeness (QED) is 0.577. The number of benzene rings is 2. The number of hydrogen-bond acceptors (Lipinski definition) is 3. The maximum absolute atomic E-state index is 13.3. The number of hydrogen-bond donors (Lipinski definition) is 0. The lowest BCUT2D eigenvalue weighted by Crippen LogP contribution is -2.39. The van der Waals surface area contributed by atoms with Gasteiger partial charge in [0.2, 0.25) is 0 Å². The van der Waals surface area contributed by atoms with Crippen molar-refractivity contribution in [3.05, 3.63) is 65.7 Å². The van der Waals surface area contributed by atoms with Crippen LogP contribution in [0.25, 0.3) is 0 Å². The van der Waals surface area contributed by atoms with Gasteiger partial charge in [-0.15, -0.1) is 0 Å². The maximum atomic E-state index is 13.3. The van der Waals surface area contributed by atoms with Crippen molar-refractivity contribution in [2.75, 3.05) is 18.6 Å². The van der Waals surface area contributed by atoms with Crippen LogP contribution in [-0.2, 0) is 11.2 Å². The molecule has 0 radical (unpaired) electrons. The summed E-state index contributed by atoms with van der Waals surface area (Å²) < 4.78 is 44.4. The maximum Gasteiger partial charge on any atom is 0.484 e. The highest BCUT2D eigenvalue weighted by Gasteiger charge is 2.37. The van der Waals surface area contributed by atoms with Crippen LogP contribution < -0.4 is 4.90 Å². The summed E-state index contributed by atoms with van der Waals surface area (Å²) in [6.45, 7) is -0.157. The van der Waals surface area contributed by atoms with Gasteiger partial charge in [0.1, 0.15) is 0 Å². The molecular formula is C18H18F3NO2. The van der Waals surface area contributed by atoms with Crippen molar-refractivity contribution in [1.29, 1.82) is 0 Å². The molecule has 0 aliphatic carbocycles. The summed E-state index contributed by atoms with van der Waals surface area (Å²) in [6.07, 6.45) is -3.56. The molecule has 0 aliphatic rings. The number of nitrogens with zero attached hydrogens (tertiary/aromatic N) is 1. The molecule has 0 heterocycles. The monoisotopic (exact) mass is 337 g/mol. The fourth-order valence-electron chi connectivity index (χ4n) is 2.38. The molecule has 2 aromatic carbocycles. The Bertz CT molecular complexity index is 654. The Balaban J connectivity index is 2.07. The molecule has 128 valence electrons. The summed E-state index contributed by atoms with van der Waals surface area (Å²) >= 11 is 0. The number of carbonyl (C=O) groups is 1. The highest BCUT2D eigenvalue weighted by molar-refractivity contribution is 5.89. The number of anilines is 1. The molecule has 2 rings (SSSR count). The molecule has 0 atom stereocenters. The van der Waals surface area contributed by atoms with Crippen molar-refractivity contribution in [2.45, 2.75) is 19.1 Å². The first-order valence-corrected chi connectivity index (χ1v) is 7.48. The smallest absolute Gasteiger partial charge is 0.465 e. The summed E-state index contributed by atoms with van der Waals surface area (Å²) in [7, 11) is 1.22. The topological polar surface area (TPSA) is 29.5 Å². The molecular weight excluding hydrogens is 319 g/mol. The Morgan fingerprint density at radius 3 is 2.21 bits per heavy atom. The number of esters is 1. The largest absolute Gasteiger partial charge is 0.484 e. The highest BCUT2D eigenvalue weighted by Crippen LogP contribution is 2.29. The first-order chi connectivity index (χ1) is 11.4. The molecule has 0 spiro atoms. The third-order valence-corrected chi connectivity index (χ3v) is 3.60. The zero-order valence-electron chi connectivity index (χ0n) is 13.2. The number of alkyl halides is 3. The molecule has 0 bridgehead atoms. The van der Waals surface area contributed by atoms with Crippen LogP contribution in [0.15, 0.2) is 54.6 Å². The van der Waals surface area contributed by atoms with Gasteiger partial charge in [0.15, 0.2) is 0 Å². The van der Waals surface area contributed by atoms with Crippen LogP contribution in [0.4, 0.5) is 18.9 Å². The third-order valence-electron chi connectivity index (χ3n) is 3.60. The SMILES string of the molecule is COC(=O)c1ccc(N(CCCc2ccccc2)C(F)(F)F)cc1. The van der Waals surface area contributed by atoms with Crippen LogP contribution in [0.2, 0.25) is 0 Å². The van der Waals surface area contributed by atoms with Crippen LogP contribution in [0.1, 0.15) is 22.3 Å². The molecule has 0 saturated heterocycles. The van der Waals surface area contributed by atoms with Crippen molar-refractivity contribution < 1.29 is 22.7 Å². The van der Waals surface area contributed by atoms with Gasteiger partial charge < -0.3 is 4.74 Å². The van der Waals surface area contributed by atoms with Gasteiger partial charge in [-0.1, -0.05) is 30.3 Å². The number of ether oxygens (including phenoxy) is 1. The number of halogens is 3. The fourth-order valence-corrected chi connectivity index (χ4v) is 2.38. The van der Waals surface area contributed by atoms with Crippen molar-refractivity contribution in [3.8, 4) is 0 Å². The van der Waals surface area contributed by atoms with Crippen molar-refractivity contribution >= 4 is 11.7 Å².